The molecule has 1 aliphatic heterocycles. The van der Waals surface area contributed by atoms with Gasteiger partial charge in [-0.1, -0.05) is 6.07 Å². The predicted octanol–water partition coefficient (Wildman–Crippen LogP) is 2.77. The quantitative estimate of drug-likeness (QED) is 0.536. The van der Waals surface area contributed by atoms with Crippen molar-refractivity contribution in [2.24, 2.45) is 4.99 Å². The molecule has 1 fully saturated rings. The fraction of sp³-hybridized carbons (Fsp3) is 0.667. The Morgan fingerprint density at radius 1 is 1.39 bits per heavy atom. The van der Waals surface area contributed by atoms with E-state index in [0.29, 0.717) is 18.3 Å². The molecule has 0 bridgehead atoms. The molecule has 0 saturated carbocycles. The van der Waals surface area contributed by atoms with Crippen molar-refractivity contribution in [2.75, 3.05) is 43.9 Å². The van der Waals surface area contributed by atoms with Gasteiger partial charge in [0.05, 0.1) is 13.7 Å². The van der Waals surface area contributed by atoms with E-state index in [2.05, 4.69) is 39.6 Å². The van der Waals surface area contributed by atoms with E-state index in [1.54, 1.807) is 7.11 Å². The molecule has 6 nitrogen and oxygen atoms in total. The molecular formula is C21H36N4O2S. The first-order valence-corrected chi connectivity index (χ1v) is 11.5. The van der Waals surface area contributed by atoms with E-state index in [9.17, 15) is 4.21 Å². The second kappa shape index (κ2) is 10.7. The summed E-state index contributed by atoms with van der Waals surface area (Å²) in [6.07, 6.45) is 2.24. The van der Waals surface area contributed by atoms with Crippen LogP contribution >= 0.6 is 0 Å². The number of hydrogen-bond acceptors (Lipinski definition) is 4. The molecule has 0 amide bonds. The monoisotopic (exact) mass is 408 g/mol. The molecule has 2 unspecified atom stereocenters. The first-order valence-electron chi connectivity index (χ1n) is 10.2. The van der Waals surface area contributed by atoms with Crippen LogP contribution in [0.5, 0.6) is 5.75 Å². The average molecular weight is 409 g/mol. The molecule has 1 aliphatic rings. The minimum atomic E-state index is -0.881. The van der Waals surface area contributed by atoms with E-state index in [0.717, 1.165) is 44.2 Å². The van der Waals surface area contributed by atoms with Crippen LogP contribution in [-0.4, -0.2) is 60.0 Å². The third-order valence-electron chi connectivity index (χ3n) is 4.75. The van der Waals surface area contributed by atoms with Crippen LogP contribution in [0, 0.1) is 0 Å². The highest BCUT2D eigenvalue weighted by Gasteiger charge is 2.22. The van der Waals surface area contributed by atoms with Crippen molar-refractivity contribution in [3.63, 3.8) is 0 Å². The van der Waals surface area contributed by atoms with Crippen molar-refractivity contribution in [1.82, 2.24) is 10.6 Å². The summed E-state index contributed by atoms with van der Waals surface area (Å²) in [7, 11) is 0.819. The summed E-state index contributed by atoms with van der Waals surface area (Å²) in [5.41, 5.74) is 1.19. The van der Waals surface area contributed by atoms with Gasteiger partial charge in [0.15, 0.2) is 5.96 Å². The number of methoxy groups -OCH3 is 1. The van der Waals surface area contributed by atoms with Crippen LogP contribution in [0.2, 0.25) is 0 Å². The lowest BCUT2D eigenvalue weighted by Gasteiger charge is -2.35. The Morgan fingerprint density at radius 2 is 2.18 bits per heavy atom. The van der Waals surface area contributed by atoms with Crippen molar-refractivity contribution in [2.45, 2.75) is 51.3 Å². The van der Waals surface area contributed by atoms with Crippen molar-refractivity contribution >= 4 is 22.4 Å². The van der Waals surface area contributed by atoms with Crippen LogP contribution in [0.3, 0.4) is 0 Å². The van der Waals surface area contributed by atoms with Gasteiger partial charge in [0, 0.05) is 58.7 Å². The van der Waals surface area contributed by atoms with Crippen molar-refractivity contribution in [3.05, 3.63) is 24.3 Å². The first-order chi connectivity index (χ1) is 13.3. The SMILES string of the molecule is CCNC(=NCCS(=O)C(C)(C)C)NC1CCCN(c2cccc(OC)c2)C1. The summed E-state index contributed by atoms with van der Waals surface area (Å²) in [6, 6.07) is 8.55. The van der Waals surface area contributed by atoms with E-state index < -0.39 is 10.8 Å². The van der Waals surface area contributed by atoms with Crippen LogP contribution in [0.1, 0.15) is 40.5 Å². The number of hydrogen-bond donors (Lipinski definition) is 2. The molecule has 0 aliphatic carbocycles. The van der Waals surface area contributed by atoms with E-state index >= 15 is 0 Å². The number of aliphatic imine (C=N–C) groups is 1. The molecule has 0 radical (unpaired) electrons. The summed E-state index contributed by atoms with van der Waals surface area (Å²) in [6.45, 7) is 11.4. The molecule has 0 spiro atoms. The van der Waals surface area contributed by atoms with E-state index in [1.165, 1.54) is 5.69 Å². The Morgan fingerprint density at radius 3 is 2.86 bits per heavy atom. The average Bonchev–Trinajstić information content (AvgIpc) is 2.67. The summed E-state index contributed by atoms with van der Waals surface area (Å²) < 4.78 is 17.4. The number of piperidine rings is 1. The van der Waals surface area contributed by atoms with Crippen molar-refractivity contribution < 1.29 is 8.95 Å². The zero-order valence-electron chi connectivity index (χ0n) is 18.0. The van der Waals surface area contributed by atoms with Gasteiger partial charge < -0.3 is 20.3 Å². The highest BCUT2D eigenvalue weighted by Crippen LogP contribution is 2.24. The van der Waals surface area contributed by atoms with Gasteiger partial charge in [-0.25, -0.2) is 0 Å². The van der Waals surface area contributed by atoms with Gasteiger partial charge in [0.2, 0.25) is 0 Å². The van der Waals surface area contributed by atoms with Crippen molar-refractivity contribution in [3.8, 4) is 5.75 Å². The van der Waals surface area contributed by atoms with Gasteiger partial charge in [-0.15, -0.1) is 0 Å². The maximum Gasteiger partial charge on any atom is 0.191 e. The lowest BCUT2D eigenvalue weighted by atomic mass is 10.0. The highest BCUT2D eigenvalue weighted by molar-refractivity contribution is 7.86. The van der Waals surface area contributed by atoms with E-state index in [1.807, 2.05) is 32.9 Å². The number of ether oxygens (including phenoxy) is 1. The minimum absolute atomic E-state index is 0.193. The molecule has 1 aromatic rings. The second-order valence-electron chi connectivity index (χ2n) is 8.05. The smallest absolute Gasteiger partial charge is 0.191 e. The Kier molecular flexibility index (Phi) is 8.60. The number of guanidine groups is 1. The van der Waals surface area contributed by atoms with Gasteiger partial charge in [-0.3, -0.25) is 9.20 Å². The first kappa shape index (κ1) is 22.5. The summed E-state index contributed by atoms with van der Waals surface area (Å²) in [4.78, 5) is 7.04. The molecule has 0 aromatic heterocycles. The number of rotatable bonds is 7. The van der Waals surface area contributed by atoms with Gasteiger partial charge in [0.25, 0.3) is 0 Å². The van der Waals surface area contributed by atoms with Crippen LogP contribution in [0.25, 0.3) is 0 Å². The number of benzene rings is 1. The van der Waals surface area contributed by atoms with E-state index in [4.69, 9.17) is 4.74 Å². The van der Waals surface area contributed by atoms with Gasteiger partial charge in [-0.05, 0) is 52.7 Å². The molecule has 2 rings (SSSR count). The summed E-state index contributed by atoms with van der Waals surface area (Å²) >= 11 is 0. The second-order valence-corrected chi connectivity index (χ2v) is 10.4. The Balaban J connectivity index is 1.96. The maximum atomic E-state index is 12.2. The third kappa shape index (κ3) is 7.00. The standard InChI is InChI=1S/C21H36N4O2S/c1-6-22-20(23-12-14-28(26)21(2,3)4)24-17-9-8-13-25(16-17)18-10-7-11-19(15-18)27-5/h7,10-11,15,17H,6,8-9,12-14,16H2,1-5H3,(H2,22,23,24). The molecule has 2 N–H and O–H groups in total. The molecule has 1 aromatic carbocycles. The summed E-state index contributed by atoms with van der Waals surface area (Å²) in [5.74, 6) is 2.28. The Bertz CT molecular complexity index is 673. The lowest BCUT2D eigenvalue weighted by Crippen LogP contribution is -2.51. The molecule has 2 atom stereocenters. The number of nitrogens with one attached hydrogen (secondary N) is 2. The normalized spacial score (nSPS) is 19.2. The van der Waals surface area contributed by atoms with Crippen LogP contribution < -0.4 is 20.3 Å². The molecule has 1 heterocycles. The van der Waals surface area contributed by atoms with Gasteiger partial charge in [-0.2, -0.15) is 0 Å². The zero-order valence-corrected chi connectivity index (χ0v) is 18.8. The Labute approximate surface area is 172 Å². The van der Waals surface area contributed by atoms with Crippen molar-refractivity contribution in [1.29, 1.82) is 0 Å². The third-order valence-corrected chi connectivity index (χ3v) is 6.67. The Hall–Kier alpha value is -1.76. The van der Waals surface area contributed by atoms with E-state index in [-0.39, 0.29) is 4.75 Å². The molecule has 7 heteroatoms. The van der Waals surface area contributed by atoms with Crippen LogP contribution in [0.15, 0.2) is 29.3 Å². The minimum Gasteiger partial charge on any atom is -0.497 e. The molecule has 28 heavy (non-hydrogen) atoms. The maximum absolute atomic E-state index is 12.2. The number of anilines is 1. The summed E-state index contributed by atoms with van der Waals surface area (Å²) in [5, 5.41) is 6.88. The zero-order chi connectivity index (χ0) is 20.6. The highest BCUT2D eigenvalue weighted by atomic mass is 32.2. The fourth-order valence-corrected chi connectivity index (χ4v) is 4.07. The largest absolute Gasteiger partial charge is 0.497 e. The topological polar surface area (TPSA) is 66.0 Å². The van der Waals surface area contributed by atoms with Gasteiger partial charge in [0.1, 0.15) is 5.75 Å². The van der Waals surface area contributed by atoms with Gasteiger partial charge >= 0.3 is 0 Å². The van der Waals surface area contributed by atoms with Crippen LogP contribution in [0.4, 0.5) is 5.69 Å². The van der Waals surface area contributed by atoms with Crippen LogP contribution in [-0.2, 0) is 10.8 Å². The molecular weight excluding hydrogens is 372 g/mol. The molecule has 1 saturated heterocycles. The predicted molar refractivity (Wildman–Crippen MR) is 120 cm³/mol. The molecule has 158 valence electrons. The number of nitrogens with zero attached hydrogens (tertiary/aromatic N) is 2. The fourth-order valence-electron chi connectivity index (χ4n) is 3.20. The lowest BCUT2D eigenvalue weighted by molar-refractivity contribution is 0.414.